The summed E-state index contributed by atoms with van der Waals surface area (Å²) in [4.78, 5) is 39.2. The highest BCUT2D eigenvalue weighted by atomic mass is 16.7. The molecule has 0 radical (unpaired) electrons. The van der Waals surface area contributed by atoms with Gasteiger partial charge in [0.25, 0.3) is 11.6 Å². The second-order valence-electron chi connectivity index (χ2n) is 7.23. The summed E-state index contributed by atoms with van der Waals surface area (Å²) in [6, 6.07) is 10.4. The Morgan fingerprint density at radius 3 is 2.49 bits per heavy atom. The van der Waals surface area contributed by atoms with Gasteiger partial charge in [-0.15, -0.1) is 0 Å². The number of hydrogen-bond donors (Lipinski definition) is 2. The summed E-state index contributed by atoms with van der Waals surface area (Å²) >= 11 is 0. The Labute approximate surface area is 199 Å². The predicted molar refractivity (Wildman–Crippen MR) is 123 cm³/mol. The number of carbonyl (C=O) groups is 1. The standard InChI is InChI=1S/C22H23N5O8/c1-4-34-21(28)19-13(2)23-22(25-27(31)32)24-20(19)15-10-17(33-3)18(11-16(15)26(29)30)35-12-14-8-6-5-7-9-14/h5-11,20H,4,12H2,1-3H3,(H2,23,24,25)/t20-/m0/s1. The van der Waals surface area contributed by atoms with Crippen molar-refractivity contribution in [2.75, 3.05) is 13.7 Å². The van der Waals surface area contributed by atoms with Crippen LogP contribution in [-0.4, -0.2) is 35.6 Å². The van der Waals surface area contributed by atoms with Crippen LogP contribution in [0.3, 0.4) is 0 Å². The molecular formula is C22H23N5O8. The number of nitro benzene ring substituents is 1. The highest BCUT2D eigenvalue weighted by Crippen LogP contribution is 2.42. The number of ether oxygens (including phenoxy) is 3. The fourth-order valence-electron chi connectivity index (χ4n) is 3.47. The highest BCUT2D eigenvalue weighted by molar-refractivity contribution is 5.95. The highest BCUT2D eigenvalue weighted by Gasteiger charge is 2.36. The molecule has 1 aliphatic heterocycles. The lowest BCUT2D eigenvalue weighted by Crippen LogP contribution is -2.43. The first-order valence-electron chi connectivity index (χ1n) is 10.4. The van der Waals surface area contributed by atoms with E-state index in [1.54, 1.807) is 6.92 Å². The fourth-order valence-corrected chi connectivity index (χ4v) is 3.47. The number of hydrogen-bond acceptors (Lipinski definition) is 10. The van der Waals surface area contributed by atoms with E-state index in [9.17, 15) is 25.0 Å². The van der Waals surface area contributed by atoms with E-state index in [0.29, 0.717) is 0 Å². The number of carbonyl (C=O) groups excluding carboxylic acids is 1. The largest absolute Gasteiger partial charge is 0.493 e. The average molecular weight is 485 g/mol. The van der Waals surface area contributed by atoms with Crippen molar-refractivity contribution < 1.29 is 29.0 Å². The summed E-state index contributed by atoms with van der Waals surface area (Å²) in [5.41, 5.74) is 2.41. The molecule has 2 aromatic rings. The summed E-state index contributed by atoms with van der Waals surface area (Å²) < 4.78 is 16.3. The van der Waals surface area contributed by atoms with Gasteiger partial charge in [-0.2, -0.15) is 0 Å². The maximum atomic E-state index is 12.7. The van der Waals surface area contributed by atoms with Crippen molar-refractivity contribution in [2.24, 2.45) is 4.99 Å². The van der Waals surface area contributed by atoms with Crippen molar-refractivity contribution in [3.8, 4) is 11.5 Å². The van der Waals surface area contributed by atoms with Gasteiger partial charge in [-0.3, -0.25) is 10.1 Å². The molecule has 0 aliphatic carbocycles. The van der Waals surface area contributed by atoms with Crippen LogP contribution in [0.4, 0.5) is 5.69 Å². The van der Waals surface area contributed by atoms with Crippen LogP contribution in [0, 0.1) is 20.2 Å². The molecule has 1 heterocycles. The Morgan fingerprint density at radius 2 is 1.89 bits per heavy atom. The van der Waals surface area contributed by atoms with Crippen LogP contribution in [0.2, 0.25) is 0 Å². The molecule has 2 N–H and O–H groups in total. The number of nitrogens with one attached hydrogen (secondary N) is 2. The first kappa shape index (κ1) is 25.0. The number of nitro groups is 2. The quantitative estimate of drug-likeness (QED) is 0.306. The Morgan fingerprint density at radius 1 is 1.17 bits per heavy atom. The average Bonchev–Trinajstić information content (AvgIpc) is 2.82. The summed E-state index contributed by atoms with van der Waals surface area (Å²) in [7, 11) is 1.36. The molecule has 0 amide bonds. The number of rotatable bonds is 9. The van der Waals surface area contributed by atoms with Gasteiger partial charge < -0.3 is 19.5 Å². The minimum Gasteiger partial charge on any atom is -0.493 e. The topological polar surface area (TPSA) is 167 Å². The molecule has 0 saturated heterocycles. The summed E-state index contributed by atoms with van der Waals surface area (Å²) in [6.45, 7) is 3.26. The van der Waals surface area contributed by atoms with E-state index in [4.69, 9.17) is 14.2 Å². The van der Waals surface area contributed by atoms with Gasteiger partial charge in [-0.05, 0) is 25.5 Å². The van der Waals surface area contributed by atoms with Gasteiger partial charge >= 0.3 is 5.97 Å². The smallest absolute Gasteiger partial charge is 0.338 e. The number of allylic oxidation sites excluding steroid dienone is 1. The van der Waals surface area contributed by atoms with E-state index < -0.39 is 27.7 Å². The molecule has 184 valence electrons. The predicted octanol–water partition coefficient (Wildman–Crippen LogP) is 2.80. The Balaban J connectivity index is 2.11. The first-order valence-corrected chi connectivity index (χ1v) is 10.4. The number of hydrazine groups is 1. The van der Waals surface area contributed by atoms with Gasteiger partial charge in [0.2, 0.25) is 0 Å². The van der Waals surface area contributed by atoms with Crippen LogP contribution in [0.25, 0.3) is 0 Å². The maximum absolute atomic E-state index is 12.7. The Hall–Kier alpha value is -4.68. The maximum Gasteiger partial charge on any atom is 0.338 e. The second-order valence-corrected chi connectivity index (χ2v) is 7.23. The third-order valence-corrected chi connectivity index (χ3v) is 4.98. The van der Waals surface area contributed by atoms with Gasteiger partial charge in [-0.25, -0.2) is 19.9 Å². The zero-order valence-corrected chi connectivity index (χ0v) is 19.1. The van der Waals surface area contributed by atoms with E-state index in [2.05, 4.69) is 10.3 Å². The molecule has 35 heavy (non-hydrogen) atoms. The lowest BCUT2D eigenvalue weighted by molar-refractivity contribution is -0.525. The zero-order valence-electron chi connectivity index (χ0n) is 19.1. The lowest BCUT2D eigenvalue weighted by atomic mass is 9.94. The zero-order chi connectivity index (χ0) is 25.5. The van der Waals surface area contributed by atoms with E-state index in [1.165, 1.54) is 26.2 Å². The van der Waals surface area contributed by atoms with E-state index >= 15 is 0 Å². The summed E-state index contributed by atoms with van der Waals surface area (Å²) in [6.07, 6.45) is 0. The van der Waals surface area contributed by atoms with Crippen LogP contribution < -0.4 is 20.2 Å². The van der Waals surface area contributed by atoms with Crippen molar-refractivity contribution in [1.82, 2.24) is 10.7 Å². The van der Waals surface area contributed by atoms with Crippen molar-refractivity contribution >= 4 is 17.6 Å². The molecule has 0 spiro atoms. The SMILES string of the molecule is CCOC(=O)C1=C(C)NC(N[N+](=O)[O-])=N[C@H]1c1cc(OC)c(OCc2ccccc2)cc1[N+](=O)[O-]. The van der Waals surface area contributed by atoms with E-state index in [0.717, 1.165) is 5.56 Å². The molecule has 3 rings (SSSR count). The van der Waals surface area contributed by atoms with E-state index in [1.807, 2.05) is 35.8 Å². The van der Waals surface area contributed by atoms with Crippen LogP contribution >= 0.6 is 0 Å². The normalized spacial score (nSPS) is 14.9. The molecule has 0 aromatic heterocycles. The second kappa shape index (κ2) is 11.0. The third-order valence-electron chi connectivity index (χ3n) is 4.98. The van der Waals surface area contributed by atoms with Crippen molar-refractivity contribution in [3.05, 3.63) is 85.1 Å². The van der Waals surface area contributed by atoms with Gasteiger partial charge in [0.1, 0.15) is 12.6 Å². The van der Waals surface area contributed by atoms with Crippen LogP contribution in [-0.2, 0) is 16.1 Å². The van der Waals surface area contributed by atoms with Gasteiger partial charge in [0, 0.05) is 5.70 Å². The van der Waals surface area contributed by atoms with Crippen LogP contribution in [0.15, 0.2) is 58.7 Å². The van der Waals surface area contributed by atoms with E-state index in [-0.39, 0.29) is 47.5 Å². The molecular weight excluding hydrogens is 462 g/mol. The Kier molecular flexibility index (Phi) is 7.81. The molecule has 13 heteroatoms. The molecule has 2 aromatic carbocycles. The lowest BCUT2D eigenvalue weighted by Gasteiger charge is -2.25. The molecule has 0 saturated carbocycles. The fraction of sp³-hybridized carbons (Fsp3) is 0.273. The number of methoxy groups -OCH3 is 1. The summed E-state index contributed by atoms with van der Waals surface area (Å²) in [5, 5.41) is 24.8. The van der Waals surface area contributed by atoms with Crippen LogP contribution in [0.1, 0.15) is 31.0 Å². The molecule has 0 bridgehead atoms. The van der Waals surface area contributed by atoms with Gasteiger partial charge in [0.05, 0.1) is 35.8 Å². The Bertz CT molecular complexity index is 1200. The monoisotopic (exact) mass is 485 g/mol. The van der Waals surface area contributed by atoms with Gasteiger partial charge in [0.15, 0.2) is 16.5 Å². The third kappa shape index (κ3) is 5.82. The first-order chi connectivity index (χ1) is 16.7. The minimum atomic E-state index is -1.30. The molecule has 1 atom stereocenters. The minimum absolute atomic E-state index is 0.0366. The molecule has 1 aliphatic rings. The van der Waals surface area contributed by atoms with Crippen molar-refractivity contribution in [2.45, 2.75) is 26.5 Å². The number of esters is 1. The number of nitrogens with zero attached hydrogens (tertiary/aromatic N) is 3. The number of guanidine groups is 1. The molecule has 0 fully saturated rings. The number of aliphatic imine (C=N–C) groups is 1. The van der Waals surface area contributed by atoms with Crippen molar-refractivity contribution in [1.29, 1.82) is 0 Å². The molecule has 13 nitrogen and oxygen atoms in total. The van der Waals surface area contributed by atoms with Gasteiger partial charge in [-0.1, -0.05) is 35.8 Å². The number of benzene rings is 2. The molecule has 0 unspecified atom stereocenters. The summed E-state index contributed by atoms with van der Waals surface area (Å²) in [5.74, 6) is -0.820. The van der Waals surface area contributed by atoms with Crippen LogP contribution in [0.5, 0.6) is 11.5 Å². The van der Waals surface area contributed by atoms with Crippen molar-refractivity contribution in [3.63, 3.8) is 0 Å².